The fraction of sp³-hybridized carbons (Fsp3) is 0.391. The normalized spacial score (nSPS) is 11.9. The van der Waals surface area contributed by atoms with Crippen LogP contribution in [0.25, 0.3) is 0 Å². The molecule has 0 aliphatic heterocycles. The maximum atomic E-state index is 13.0. The number of hydrogen-bond acceptors (Lipinski definition) is 3. The van der Waals surface area contributed by atoms with Gasteiger partial charge >= 0.3 is 0 Å². The molecule has 0 spiro atoms. The summed E-state index contributed by atoms with van der Waals surface area (Å²) in [6, 6.07) is 15.7. The van der Waals surface area contributed by atoms with Gasteiger partial charge in [-0.25, -0.2) is 0 Å². The Morgan fingerprint density at radius 3 is 2.38 bits per heavy atom. The Morgan fingerprint density at radius 2 is 1.76 bits per heavy atom. The van der Waals surface area contributed by atoms with Gasteiger partial charge < -0.3 is 10.2 Å². The Labute approximate surface area is 186 Å². The van der Waals surface area contributed by atoms with Gasteiger partial charge in [-0.3, -0.25) is 9.59 Å². The van der Waals surface area contributed by atoms with Crippen molar-refractivity contribution in [1.29, 1.82) is 0 Å². The largest absolute Gasteiger partial charge is 0.352 e. The molecule has 2 amide bonds. The van der Waals surface area contributed by atoms with Crippen molar-refractivity contribution < 1.29 is 9.59 Å². The topological polar surface area (TPSA) is 49.4 Å². The number of thioether (sulfide) groups is 1. The number of benzene rings is 2. The molecular weight excluding hydrogens is 448 g/mol. The molecule has 0 heterocycles. The lowest BCUT2D eigenvalue weighted by Gasteiger charge is -2.29. The zero-order valence-electron chi connectivity index (χ0n) is 17.4. The first-order valence-electron chi connectivity index (χ1n) is 9.74. The maximum absolute atomic E-state index is 13.0. The summed E-state index contributed by atoms with van der Waals surface area (Å²) in [7, 11) is 0. The van der Waals surface area contributed by atoms with Crippen LogP contribution in [0.4, 0.5) is 0 Å². The van der Waals surface area contributed by atoms with E-state index in [1.807, 2.05) is 38.1 Å². The van der Waals surface area contributed by atoms with E-state index in [2.05, 4.69) is 52.4 Å². The average Bonchev–Trinajstić information content (AvgIpc) is 2.66. The number of nitrogens with zero attached hydrogens (tertiary/aromatic N) is 1. The van der Waals surface area contributed by atoms with Gasteiger partial charge in [-0.05, 0) is 51.0 Å². The molecule has 0 radical (unpaired) electrons. The Bertz CT molecular complexity index is 824. The molecule has 4 nitrogen and oxygen atoms in total. The number of carbonyl (C=O) groups excluding carboxylic acids is 2. The molecule has 0 aliphatic rings. The van der Waals surface area contributed by atoms with E-state index < -0.39 is 6.04 Å². The van der Waals surface area contributed by atoms with Gasteiger partial charge in [-0.15, -0.1) is 11.8 Å². The minimum Gasteiger partial charge on any atom is -0.352 e. The number of aryl methyl sites for hydroxylation is 1. The van der Waals surface area contributed by atoms with Crippen molar-refractivity contribution in [2.45, 2.75) is 52.1 Å². The third-order valence-corrected chi connectivity index (χ3v) is 5.94. The van der Waals surface area contributed by atoms with Crippen molar-refractivity contribution in [2.75, 3.05) is 5.75 Å². The van der Waals surface area contributed by atoms with Gasteiger partial charge in [0.2, 0.25) is 11.8 Å². The van der Waals surface area contributed by atoms with E-state index in [4.69, 9.17) is 0 Å². The SMILES string of the molecule is Cc1ccc(CSCC(=O)N(Cc2cccc(Br)c2)[C@H](C)C(=O)NC(C)C)cc1. The zero-order chi connectivity index (χ0) is 21.4. The number of hydrogen-bond donors (Lipinski definition) is 1. The summed E-state index contributed by atoms with van der Waals surface area (Å²) in [5.41, 5.74) is 3.40. The van der Waals surface area contributed by atoms with Gasteiger partial charge in [0.15, 0.2) is 0 Å². The number of rotatable bonds is 9. The fourth-order valence-electron chi connectivity index (χ4n) is 2.84. The maximum Gasteiger partial charge on any atom is 0.242 e. The van der Waals surface area contributed by atoms with E-state index in [9.17, 15) is 9.59 Å². The predicted molar refractivity (Wildman–Crippen MR) is 125 cm³/mol. The van der Waals surface area contributed by atoms with E-state index in [0.29, 0.717) is 12.3 Å². The first-order chi connectivity index (χ1) is 13.8. The summed E-state index contributed by atoms with van der Waals surface area (Å²) in [6.07, 6.45) is 0. The molecule has 0 aliphatic carbocycles. The minimum atomic E-state index is -0.538. The van der Waals surface area contributed by atoms with E-state index >= 15 is 0 Å². The first kappa shape index (κ1) is 23.5. The summed E-state index contributed by atoms with van der Waals surface area (Å²) >= 11 is 5.05. The molecule has 0 unspecified atom stereocenters. The highest BCUT2D eigenvalue weighted by atomic mass is 79.9. The lowest BCUT2D eigenvalue weighted by Crippen LogP contribution is -2.49. The molecule has 2 aromatic rings. The van der Waals surface area contributed by atoms with Gasteiger partial charge in [0.25, 0.3) is 0 Å². The van der Waals surface area contributed by atoms with Gasteiger partial charge in [-0.2, -0.15) is 0 Å². The monoisotopic (exact) mass is 476 g/mol. The summed E-state index contributed by atoms with van der Waals surface area (Å²) in [6.45, 7) is 8.09. The van der Waals surface area contributed by atoms with Crippen LogP contribution >= 0.6 is 27.7 Å². The average molecular weight is 477 g/mol. The first-order valence-corrected chi connectivity index (χ1v) is 11.7. The van der Waals surface area contributed by atoms with Gasteiger partial charge in [-0.1, -0.05) is 57.9 Å². The highest BCUT2D eigenvalue weighted by molar-refractivity contribution is 9.10. The van der Waals surface area contributed by atoms with E-state index in [1.54, 1.807) is 23.6 Å². The fourth-order valence-corrected chi connectivity index (χ4v) is 4.16. The minimum absolute atomic E-state index is 0.0312. The third kappa shape index (κ3) is 7.86. The van der Waals surface area contributed by atoms with Gasteiger partial charge in [0.1, 0.15) is 6.04 Å². The van der Waals surface area contributed by atoms with Crippen molar-refractivity contribution in [3.05, 3.63) is 69.7 Å². The van der Waals surface area contributed by atoms with Crippen molar-refractivity contribution in [2.24, 2.45) is 0 Å². The van der Waals surface area contributed by atoms with Crippen LogP contribution in [0.2, 0.25) is 0 Å². The molecule has 6 heteroatoms. The number of halogens is 1. The molecule has 0 bridgehead atoms. The summed E-state index contributed by atoms with van der Waals surface area (Å²) < 4.78 is 0.954. The van der Waals surface area contributed by atoms with Crippen LogP contribution < -0.4 is 5.32 Å². The predicted octanol–water partition coefficient (Wildman–Crippen LogP) is 4.93. The number of nitrogens with one attached hydrogen (secondary N) is 1. The number of carbonyl (C=O) groups is 2. The quantitative estimate of drug-likeness (QED) is 0.557. The van der Waals surface area contributed by atoms with Crippen molar-refractivity contribution in [3.8, 4) is 0 Å². The lowest BCUT2D eigenvalue weighted by atomic mass is 10.1. The van der Waals surface area contributed by atoms with Crippen LogP contribution in [0.3, 0.4) is 0 Å². The molecule has 0 fully saturated rings. The third-order valence-electron chi connectivity index (χ3n) is 4.46. The second-order valence-corrected chi connectivity index (χ2v) is 9.37. The zero-order valence-corrected chi connectivity index (χ0v) is 19.8. The molecule has 1 atom stereocenters. The van der Waals surface area contributed by atoms with Gasteiger partial charge in [0.05, 0.1) is 5.75 Å². The van der Waals surface area contributed by atoms with Crippen LogP contribution in [-0.2, 0) is 21.9 Å². The number of amides is 2. The molecular formula is C23H29BrN2O2S. The van der Waals surface area contributed by atoms with Crippen LogP contribution in [0.1, 0.15) is 37.5 Å². The Hall–Kier alpha value is -1.79. The lowest BCUT2D eigenvalue weighted by molar-refractivity contribution is -0.138. The summed E-state index contributed by atoms with van der Waals surface area (Å²) in [5.74, 6) is 0.935. The van der Waals surface area contributed by atoms with Crippen molar-refractivity contribution in [3.63, 3.8) is 0 Å². The van der Waals surface area contributed by atoms with Gasteiger partial charge in [0, 0.05) is 22.8 Å². The van der Waals surface area contributed by atoms with Crippen molar-refractivity contribution >= 4 is 39.5 Å². The van der Waals surface area contributed by atoms with E-state index in [1.165, 1.54) is 11.1 Å². The highest BCUT2D eigenvalue weighted by Gasteiger charge is 2.26. The standard InChI is InChI=1S/C23H29BrN2O2S/c1-16(2)25-23(28)18(4)26(13-20-6-5-7-21(24)12-20)22(27)15-29-14-19-10-8-17(3)9-11-19/h5-12,16,18H,13-15H2,1-4H3,(H,25,28)/t18-/m1/s1. The van der Waals surface area contributed by atoms with Crippen LogP contribution in [0, 0.1) is 6.92 Å². The van der Waals surface area contributed by atoms with E-state index in [-0.39, 0.29) is 17.9 Å². The van der Waals surface area contributed by atoms with Crippen LogP contribution in [0.15, 0.2) is 53.0 Å². The molecule has 2 aromatic carbocycles. The van der Waals surface area contributed by atoms with E-state index in [0.717, 1.165) is 15.8 Å². The Morgan fingerprint density at radius 1 is 1.07 bits per heavy atom. The molecule has 0 aromatic heterocycles. The Kier molecular flexibility index (Phi) is 9.24. The highest BCUT2D eigenvalue weighted by Crippen LogP contribution is 2.18. The molecule has 1 N–H and O–H groups in total. The molecule has 0 saturated heterocycles. The molecule has 2 rings (SSSR count). The second-order valence-electron chi connectivity index (χ2n) is 7.47. The van der Waals surface area contributed by atoms with Crippen LogP contribution in [0.5, 0.6) is 0 Å². The summed E-state index contributed by atoms with van der Waals surface area (Å²) in [4.78, 5) is 27.3. The van der Waals surface area contributed by atoms with Crippen LogP contribution in [-0.4, -0.2) is 34.6 Å². The smallest absolute Gasteiger partial charge is 0.242 e. The summed E-state index contributed by atoms with van der Waals surface area (Å²) in [5, 5.41) is 2.91. The second kappa shape index (κ2) is 11.4. The van der Waals surface area contributed by atoms with Crippen molar-refractivity contribution in [1.82, 2.24) is 10.2 Å². The molecule has 0 saturated carbocycles. The molecule has 29 heavy (non-hydrogen) atoms. The Balaban J connectivity index is 2.06. The molecule has 156 valence electrons.